The molecule has 2 aromatic rings. The fourth-order valence-corrected chi connectivity index (χ4v) is 5.08. The highest BCUT2D eigenvalue weighted by Gasteiger charge is 2.32. The van der Waals surface area contributed by atoms with Crippen molar-refractivity contribution in [1.29, 1.82) is 0 Å². The Morgan fingerprint density at radius 1 is 1.12 bits per heavy atom. The van der Waals surface area contributed by atoms with E-state index in [4.69, 9.17) is 20.1 Å². The van der Waals surface area contributed by atoms with Crippen molar-refractivity contribution in [2.45, 2.75) is 32.0 Å². The number of ether oxygens (including phenoxy) is 1. The van der Waals surface area contributed by atoms with Gasteiger partial charge in [0.2, 0.25) is 0 Å². The fraction of sp³-hybridized carbons (Fsp3) is 0.429. The number of hydrogen-bond acceptors (Lipinski definition) is 8. The summed E-state index contributed by atoms with van der Waals surface area (Å²) in [5.41, 5.74) is 4.24. The summed E-state index contributed by atoms with van der Waals surface area (Å²) in [5, 5.41) is 37.4. The second-order valence-corrected chi connectivity index (χ2v) is 10.2. The lowest BCUT2D eigenvalue weighted by Gasteiger charge is -2.32. The normalized spacial score (nSPS) is 19.0. The molecule has 0 spiro atoms. The number of aliphatic hydroxyl groups excluding tert-OH is 2. The van der Waals surface area contributed by atoms with Crippen LogP contribution in [0.4, 0.5) is 10.1 Å². The number of anilines is 1. The third kappa shape index (κ3) is 7.20. The Bertz CT molecular complexity index is 1400. The van der Waals surface area contributed by atoms with E-state index in [-0.39, 0.29) is 18.4 Å². The number of carbonyl (C=O) groups excluding carboxylic acids is 2. The second kappa shape index (κ2) is 13.2. The van der Waals surface area contributed by atoms with Gasteiger partial charge in [-0.25, -0.2) is 9.18 Å². The molecule has 0 saturated carbocycles. The van der Waals surface area contributed by atoms with Crippen molar-refractivity contribution in [1.82, 2.24) is 14.8 Å². The molecule has 3 aliphatic heterocycles. The molecule has 1 fully saturated rings. The molecular formula is C28H33FN4O9. The van der Waals surface area contributed by atoms with Crippen LogP contribution in [-0.2, 0) is 25.5 Å². The largest absolute Gasteiger partial charge is 0.481 e. The Balaban J connectivity index is 0.000000392. The Morgan fingerprint density at radius 2 is 1.83 bits per heavy atom. The first kappa shape index (κ1) is 30.8. The van der Waals surface area contributed by atoms with Gasteiger partial charge in [-0.3, -0.25) is 19.3 Å². The highest BCUT2D eigenvalue weighted by atomic mass is 19.1. The van der Waals surface area contributed by atoms with Crippen LogP contribution in [0.2, 0.25) is 0 Å². The lowest BCUT2D eigenvalue weighted by Crippen LogP contribution is -2.47. The Morgan fingerprint density at radius 3 is 2.48 bits per heavy atom. The minimum atomic E-state index is -1.79. The quantitative estimate of drug-likeness (QED) is 0.237. The molecule has 6 N–H and O–H groups in total. The van der Waals surface area contributed by atoms with Crippen molar-refractivity contribution in [3.05, 3.63) is 52.1 Å². The number of fused-ring (bicyclic) bond motifs is 2. The third-order valence-electron chi connectivity index (χ3n) is 7.21. The number of benzene rings is 1. The first-order valence-corrected chi connectivity index (χ1v) is 13.4. The van der Waals surface area contributed by atoms with Crippen LogP contribution in [0.5, 0.6) is 0 Å². The molecule has 0 aliphatic carbocycles. The van der Waals surface area contributed by atoms with Gasteiger partial charge in [-0.15, -0.1) is 0 Å². The summed E-state index contributed by atoms with van der Waals surface area (Å²) in [6.07, 6.45) is -0.869. The monoisotopic (exact) mass is 588 g/mol. The van der Waals surface area contributed by atoms with Gasteiger partial charge in [-0.1, -0.05) is 0 Å². The number of β-amino-alcohol motifs (C(OH)–C–C–N with tert-alkyl or cyclic N) is 1. The number of aliphatic hydroxyl groups is 2. The van der Waals surface area contributed by atoms with Crippen LogP contribution in [-0.4, -0.2) is 117 Å². The van der Waals surface area contributed by atoms with Gasteiger partial charge in [0.05, 0.1) is 36.9 Å². The predicted molar refractivity (Wildman–Crippen MR) is 147 cm³/mol. The lowest BCUT2D eigenvalue weighted by atomic mass is 10.0. The summed E-state index contributed by atoms with van der Waals surface area (Å²) in [7, 11) is 0. The average molecular weight is 589 g/mol. The van der Waals surface area contributed by atoms with Gasteiger partial charge in [0, 0.05) is 61.8 Å². The zero-order valence-electron chi connectivity index (χ0n) is 22.9. The number of carboxylic acids is 2. The number of aliphatic carboxylic acids is 2. The summed E-state index contributed by atoms with van der Waals surface area (Å²) >= 11 is 0. The summed E-state index contributed by atoms with van der Waals surface area (Å²) in [6.45, 7) is 6.02. The zero-order valence-corrected chi connectivity index (χ0v) is 22.9. The number of rotatable bonds is 8. The molecule has 5 rings (SSSR count). The van der Waals surface area contributed by atoms with Gasteiger partial charge in [0.25, 0.3) is 11.8 Å². The molecule has 2 amide bonds. The minimum Gasteiger partial charge on any atom is -0.481 e. The van der Waals surface area contributed by atoms with E-state index in [1.54, 1.807) is 17.0 Å². The highest BCUT2D eigenvalue weighted by molar-refractivity contribution is 6.35. The molecule has 1 aromatic carbocycles. The van der Waals surface area contributed by atoms with Crippen LogP contribution < -0.4 is 5.32 Å². The van der Waals surface area contributed by atoms with E-state index in [0.29, 0.717) is 60.8 Å². The number of morpholine rings is 1. The van der Waals surface area contributed by atoms with Gasteiger partial charge in [0.1, 0.15) is 5.82 Å². The van der Waals surface area contributed by atoms with E-state index in [2.05, 4.69) is 15.2 Å². The molecule has 0 radical (unpaired) electrons. The molecule has 14 heteroatoms. The van der Waals surface area contributed by atoms with Crippen molar-refractivity contribution in [2.75, 3.05) is 51.3 Å². The van der Waals surface area contributed by atoms with Crippen molar-refractivity contribution in [3.63, 3.8) is 0 Å². The Hall–Kier alpha value is -4.11. The smallest absolute Gasteiger partial charge is 0.333 e. The van der Waals surface area contributed by atoms with Crippen molar-refractivity contribution < 1.29 is 48.7 Å². The fourth-order valence-electron chi connectivity index (χ4n) is 5.08. The number of amides is 2. The Kier molecular flexibility index (Phi) is 9.73. The second-order valence-electron chi connectivity index (χ2n) is 10.2. The maximum Gasteiger partial charge on any atom is 0.333 e. The molecule has 226 valence electrons. The van der Waals surface area contributed by atoms with Crippen molar-refractivity contribution in [3.8, 4) is 0 Å². The first-order valence-electron chi connectivity index (χ1n) is 13.4. The number of halogens is 1. The lowest BCUT2D eigenvalue weighted by molar-refractivity contribution is -0.152. The topological polar surface area (TPSA) is 193 Å². The molecule has 42 heavy (non-hydrogen) atoms. The number of H-pyrrole nitrogens is 1. The minimum absolute atomic E-state index is 0.127. The summed E-state index contributed by atoms with van der Waals surface area (Å²) in [6, 6.07) is 4.18. The molecule has 4 heterocycles. The summed E-state index contributed by atoms with van der Waals surface area (Å²) in [5.74, 6) is -3.69. The average Bonchev–Trinajstić information content (AvgIpc) is 3.42. The van der Waals surface area contributed by atoms with Crippen molar-refractivity contribution >= 4 is 41.1 Å². The molecule has 2 atom stereocenters. The number of carbonyl (C=O) groups is 4. The van der Waals surface area contributed by atoms with Crippen LogP contribution in [0.3, 0.4) is 0 Å². The molecule has 3 aliphatic rings. The van der Waals surface area contributed by atoms with Crippen LogP contribution in [0.15, 0.2) is 18.2 Å². The SMILES string of the molecule is Cc1c(C=C2C(=O)Nc3ccc(F)cc32)[nH]c2c1C(=O)N(CC(O)CN1CCOCC1)CC2.O=C(O)CC(O)C(=O)O. The number of aromatic amines is 1. The van der Waals surface area contributed by atoms with Crippen LogP contribution in [0, 0.1) is 12.7 Å². The molecular weight excluding hydrogens is 555 g/mol. The maximum absolute atomic E-state index is 13.8. The maximum atomic E-state index is 13.8. The molecule has 1 saturated heterocycles. The number of nitrogens with zero attached hydrogens (tertiary/aromatic N) is 2. The van der Waals surface area contributed by atoms with Crippen LogP contribution in [0.25, 0.3) is 11.6 Å². The first-order chi connectivity index (χ1) is 19.9. The molecule has 1 aromatic heterocycles. The van der Waals surface area contributed by atoms with E-state index >= 15 is 0 Å². The number of carboxylic acid groups (broad SMARTS) is 2. The number of nitrogens with one attached hydrogen (secondary N) is 2. The van der Waals surface area contributed by atoms with E-state index < -0.39 is 36.4 Å². The van der Waals surface area contributed by atoms with Crippen LogP contribution >= 0.6 is 0 Å². The zero-order chi connectivity index (χ0) is 30.6. The summed E-state index contributed by atoms with van der Waals surface area (Å²) in [4.78, 5) is 52.2. The van der Waals surface area contributed by atoms with E-state index in [9.17, 15) is 28.7 Å². The van der Waals surface area contributed by atoms with Gasteiger partial charge in [-0.05, 0) is 36.8 Å². The number of aromatic nitrogens is 1. The van der Waals surface area contributed by atoms with E-state index in [1.165, 1.54) is 12.1 Å². The van der Waals surface area contributed by atoms with Gasteiger partial charge >= 0.3 is 11.9 Å². The van der Waals surface area contributed by atoms with Gasteiger partial charge in [0.15, 0.2) is 6.10 Å². The van der Waals surface area contributed by atoms with Crippen molar-refractivity contribution in [2.24, 2.45) is 0 Å². The van der Waals surface area contributed by atoms with Gasteiger partial charge in [-0.2, -0.15) is 0 Å². The summed E-state index contributed by atoms with van der Waals surface area (Å²) < 4.78 is 19.1. The van der Waals surface area contributed by atoms with Crippen LogP contribution in [0.1, 0.15) is 39.3 Å². The van der Waals surface area contributed by atoms with E-state index in [0.717, 1.165) is 24.3 Å². The van der Waals surface area contributed by atoms with E-state index in [1.807, 2.05) is 6.92 Å². The molecule has 0 bridgehead atoms. The number of hydrogen-bond donors (Lipinski definition) is 6. The van der Waals surface area contributed by atoms with Gasteiger partial charge < -0.3 is 40.4 Å². The molecule has 2 unspecified atom stereocenters. The third-order valence-corrected chi connectivity index (χ3v) is 7.21. The predicted octanol–water partition coefficient (Wildman–Crippen LogP) is 0.553. The Labute approximate surface area is 240 Å². The molecule has 13 nitrogen and oxygen atoms in total. The standard InChI is InChI=1S/C24H27FN4O4.C4H6O5/c1-14-21(11-18-17-10-15(25)2-3-19(17)27-23(18)31)26-20-4-5-29(24(32)22(14)20)13-16(30)12-28-6-8-33-9-7-28;5-2(4(8)9)1-3(6)7/h2-3,10-11,16,26,30H,4-9,12-13H2,1H3,(H,27,31);2,5H,1H2,(H,6,7)(H,8,9). The highest BCUT2D eigenvalue weighted by Crippen LogP contribution is 2.35.